The maximum Gasteiger partial charge on any atom is 0.118 e. The van der Waals surface area contributed by atoms with E-state index in [0.29, 0.717) is 12.0 Å². The summed E-state index contributed by atoms with van der Waals surface area (Å²) in [6.07, 6.45) is 2.82. The fraction of sp³-hybridized carbons (Fsp3) is 0.789. The molecule has 0 N–H and O–H groups in total. The van der Waals surface area contributed by atoms with Gasteiger partial charge in [-0.05, 0) is 37.8 Å². The van der Waals surface area contributed by atoms with Crippen LogP contribution in [-0.4, -0.2) is 68.4 Å². The Morgan fingerprint density at radius 3 is 2.67 bits per heavy atom. The van der Waals surface area contributed by atoms with Crippen molar-refractivity contribution in [1.29, 1.82) is 0 Å². The van der Waals surface area contributed by atoms with E-state index in [1.165, 1.54) is 25.9 Å². The number of hydrogen-bond donors (Lipinski definition) is 0. The molecule has 0 aromatic carbocycles. The van der Waals surface area contributed by atoms with Gasteiger partial charge in [0.2, 0.25) is 0 Å². The fourth-order valence-corrected chi connectivity index (χ4v) is 4.43. The number of likely N-dealkylation sites (tertiary alicyclic amines) is 1. The summed E-state index contributed by atoms with van der Waals surface area (Å²) < 4.78 is 17.4. The largest absolute Gasteiger partial charge is 0.465 e. The molecule has 0 bridgehead atoms. The number of furan rings is 1. The van der Waals surface area contributed by atoms with E-state index in [4.69, 9.17) is 13.9 Å². The lowest BCUT2D eigenvalue weighted by Gasteiger charge is -2.30. The smallest absolute Gasteiger partial charge is 0.118 e. The molecule has 4 heterocycles. The van der Waals surface area contributed by atoms with Gasteiger partial charge in [0.15, 0.2) is 0 Å². The molecule has 0 unspecified atom stereocenters. The molecule has 3 aliphatic rings. The summed E-state index contributed by atoms with van der Waals surface area (Å²) in [6.45, 7) is 11.3. The summed E-state index contributed by atoms with van der Waals surface area (Å²) in [5.41, 5.74) is 0. The van der Waals surface area contributed by atoms with E-state index in [9.17, 15) is 0 Å². The summed E-state index contributed by atoms with van der Waals surface area (Å²) in [6, 6.07) is 4.15. The normalized spacial score (nSPS) is 30.4. The molecule has 0 amide bonds. The number of hydrogen-bond acceptors (Lipinski definition) is 5. The summed E-state index contributed by atoms with van der Waals surface area (Å²) >= 11 is 0. The van der Waals surface area contributed by atoms with E-state index in [0.717, 1.165) is 63.4 Å². The zero-order valence-electron chi connectivity index (χ0n) is 14.8. The molecule has 1 aromatic heterocycles. The van der Waals surface area contributed by atoms with Gasteiger partial charge in [-0.1, -0.05) is 0 Å². The SMILES string of the molecule is Cc1ccc(CN2C[C@H]3CN(CC4CCOCC4)CCO[C@H]3C2)o1. The predicted molar refractivity (Wildman–Crippen MR) is 91.9 cm³/mol. The van der Waals surface area contributed by atoms with Gasteiger partial charge in [0.25, 0.3) is 0 Å². The highest BCUT2D eigenvalue weighted by Gasteiger charge is 2.37. The van der Waals surface area contributed by atoms with Crippen LogP contribution in [0.2, 0.25) is 0 Å². The number of fused-ring (bicyclic) bond motifs is 1. The third-order valence-electron chi connectivity index (χ3n) is 5.72. The lowest BCUT2D eigenvalue weighted by Crippen LogP contribution is -2.37. The number of rotatable bonds is 4. The Bertz CT molecular complexity index is 526. The first-order valence-corrected chi connectivity index (χ1v) is 9.45. The second-order valence-electron chi connectivity index (χ2n) is 7.69. The number of nitrogens with zero attached hydrogens (tertiary/aromatic N) is 2. The van der Waals surface area contributed by atoms with Gasteiger partial charge in [0, 0.05) is 51.9 Å². The lowest BCUT2D eigenvalue weighted by molar-refractivity contribution is 0.0451. The molecule has 5 heteroatoms. The Morgan fingerprint density at radius 2 is 1.88 bits per heavy atom. The van der Waals surface area contributed by atoms with E-state index in [2.05, 4.69) is 21.9 Å². The molecule has 2 atom stereocenters. The van der Waals surface area contributed by atoms with E-state index in [1.54, 1.807) is 0 Å². The van der Waals surface area contributed by atoms with Crippen LogP contribution in [0, 0.1) is 18.8 Å². The summed E-state index contributed by atoms with van der Waals surface area (Å²) in [5, 5.41) is 0. The maximum atomic E-state index is 6.18. The Labute approximate surface area is 144 Å². The molecule has 3 aliphatic heterocycles. The van der Waals surface area contributed by atoms with Crippen molar-refractivity contribution in [2.24, 2.45) is 11.8 Å². The van der Waals surface area contributed by atoms with Crippen molar-refractivity contribution >= 4 is 0 Å². The van der Waals surface area contributed by atoms with Gasteiger partial charge in [-0.3, -0.25) is 4.90 Å². The second kappa shape index (κ2) is 7.56. The zero-order chi connectivity index (χ0) is 16.4. The van der Waals surface area contributed by atoms with Gasteiger partial charge in [-0.2, -0.15) is 0 Å². The Hall–Kier alpha value is -0.880. The minimum absolute atomic E-state index is 0.390. The van der Waals surface area contributed by atoms with Crippen molar-refractivity contribution in [2.45, 2.75) is 32.4 Å². The third-order valence-corrected chi connectivity index (χ3v) is 5.72. The molecule has 3 saturated heterocycles. The Kier molecular flexibility index (Phi) is 5.22. The minimum atomic E-state index is 0.390. The van der Waals surface area contributed by atoms with Crippen LogP contribution in [-0.2, 0) is 16.0 Å². The first-order valence-electron chi connectivity index (χ1n) is 9.45. The standard InChI is InChI=1S/C19H30N2O3/c1-15-2-3-18(24-15)13-21-12-17-11-20(6-9-23-19(17)14-21)10-16-4-7-22-8-5-16/h2-3,16-17,19H,4-14H2,1H3/t17-,19+/m1/s1. The molecule has 24 heavy (non-hydrogen) atoms. The summed E-state index contributed by atoms with van der Waals surface area (Å²) in [7, 11) is 0. The first kappa shape index (κ1) is 16.6. The van der Waals surface area contributed by atoms with Crippen LogP contribution < -0.4 is 0 Å². The van der Waals surface area contributed by atoms with Gasteiger partial charge in [-0.15, -0.1) is 0 Å². The molecule has 3 fully saturated rings. The molecule has 0 aliphatic carbocycles. The average Bonchev–Trinajstić information content (AvgIpc) is 3.10. The molecule has 0 spiro atoms. The van der Waals surface area contributed by atoms with E-state index < -0.39 is 0 Å². The van der Waals surface area contributed by atoms with Gasteiger partial charge < -0.3 is 18.8 Å². The van der Waals surface area contributed by atoms with Gasteiger partial charge >= 0.3 is 0 Å². The maximum absolute atomic E-state index is 6.18. The quantitative estimate of drug-likeness (QED) is 0.843. The second-order valence-corrected chi connectivity index (χ2v) is 7.69. The van der Waals surface area contributed by atoms with Crippen molar-refractivity contribution in [3.63, 3.8) is 0 Å². The van der Waals surface area contributed by atoms with Gasteiger partial charge in [0.05, 0.1) is 19.3 Å². The van der Waals surface area contributed by atoms with E-state index in [-0.39, 0.29) is 0 Å². The predicted octanol–water partition coefficient (Wildman–Crippen LogP) is 2.15. The van der Waals surface area contributed by atoms with Crippen LogP contribution in [0.25, 0.3) is 0 Å². The van der Waals surface area contributed by atoms with Crippen LogP contribution in [0.1, 0.15) is 24.4 Å². The van der Waals surface area contributed by atoms with Crippen LogP contribution in [0.4, 0.5) is 0 Å². The fourth-order valence-electron chi connectivity index (χ4n) is 4.43. The molecule has 0 radical (unpaired) electrons. The van der Waals surface area contributed by atoms with Crippen molar-refractivity contribution in [3.8, 4) is 0 Å². The highest BCUT2D eigenvalue weighted by atomic mass is 16.5. The van der Waals surface area contributed by atoms with Crippen molar-refractivity contribution in [1.82, 2.24) is 9.80 Å². The molecule has 134 valence electrons. The van der Waals surface area contributed by atoms with Gasteiger partial charge in [0.1, 0.15) is 11.5 Å². The zero-order valence-corrected chi connectivity index (χ0v) is 14.8. The van der Waals surface area contributed by atoms with Crippen molar-refractivity contribution in [2.75, 3.05) is 52.5 Å². The van der Waals surface area contributed by atoms with Crippen LogP contribution in [0.15, 0.2) is 16.5 Å². The first-order chi connectivity index (χ1) is 11.8. The minimum Gasteiger partial charge on any atom is -0.465 e. The van der Waals surface area contributed by atoms with Crippen molar-refractivity contribution < 1.29 is 13.9 Å². The molecule has 5 nitrogen and oxygen atoms in total. The number of ether oxygens (including phenoxy) is 2. The van der Waals surface area contributed by atoms with Crippen molar-refractivity contribution in [3.05, 3.63) is 23.7 Å². The van der Waals surface area contributed by atoms with E-state index in [1.807, 2.05) is 6.92 Å². The van der Waals surface area contributed by atoms with Crippen LogP contribution in [0.5, 0.6) is 0 Å². The Balaban J connectivity index is 1.31. The summed E-state index contributed by atoms with van der Waals surface area (Å²) in [5.74, 6) is 3.50. The highest BCUT2D eigenvalue weighted by Crippen LogP contribution is 2.26. The monoisotopic (exact) mass is 334 g/mol. The molecular weight excluding hydrogens is 304 g/mol. The molecule has 1 aromatic rings. The van der Waals surface area contributed by atoms with Gasteiger partial charge in [-0.25, -0.2) is 0 Å². The third kappa shape index (κ3) is 4.02. The molecule has 4 rings (SSSR count). The topological polar surface area (TPSA) is 38.1 Å². The molecular formula is C19H30N2O3. The highest BCUT2D eigenvalue weighted by molar-refractivity contribution is 5.06. The van der Waals surface area contributed by atoms with Crippen LogP contribution >= 0.6 is 0 Å². The Morgan fingerprint density at radius 1 is 1.04 bits per heavy atom. The lowest BCUT2D eigenvalue weighted by atomic mass is 9.98. The van der Waals surface area contributed by atoms with E-state index >= 15 is 0 Å². The summed E-state index contributed by atoms with van der Waals surface area (Å²) in [4.78, 5) is 5.13. The number of aryl methyl sites for hydroxylation is 1. The average molecular weight is 334 g/mol. The van der Waals surface area contributed by atoms with Crippen LogP contribution in [0.3, 0.4) is 0 Å². The molecule has 0 saturated carbocycles.